The topological polar surface area (TPSA) is 94.9 Å². The Morgan fingerprint density at radius 1 is 1.00 bits per heavy atom. The van der Waals surface area contributed by atoms with E-state index in [2.05, 4.69) is 26.1 Å². The molecule has 0 fully saturated rings. The number of carbonyl (C=O) groups is 2. The molecule has 0 bridgehead atoms. The summed E-state index contributed by atoms with van der Waals surface area (Å²) in [7, 11) is 4.57. The minimum absolute atomic E-state index is 0.179. The van der Waals surface area contributed by atoms with E-state index in [-0.39, 0.29) is 36.9 Å². The van der Waals surface area contributed by atoms with Gasteiger partial charge in [0.1, 0.15) is 23.9 Å². The third-order valence-electron chi connectivity index (χ3n) is 5.85. The lowest BCUT2D eigenvalue weighted by molar-refractivity contribution is -0.117. The molecule has 0 unspecified atom stereocenters. The predicted molar refractivity (Wildman–Crippen MR) is 143 cm³/mol. The van der Waals surface area contributed by atoms with Crippen LogP contribution < -0.4 is 14.8 Å². The molecule has 9 nitrogen and oxygen atoms in total. The van der Waals surface area contributed by atoms with Gasteiger partial charge in [-0.25, -0.2) is 4.68 Å². The average molecular weight is 509 g/mol. The van der Waals surface area contributed by atoms with Gasteiger partial charge in [0.15, 0.2) is 0 Å². The number of ether oxygens (including phenoxy) is 3. The summed E-state index contributed by atoms with van der Waals surface area (Å²) in [4.78, 5) is 28.1. The van der Waals surface area contributed by atoms with Crippen molar-refractivity contribution < 1.29 is 23.8 Å². The van der Waals surface area contributed by atoms with E-state index >= 15 is 0 Å². The number of aromatic nitrogens is 2. The van der Waals surface area contributed by atoms with Crippen molar-refractivity contribution in [2.75, 3.05) is 46.3 Å². The summed E-state index contributed by atoms with van der Waals surface area (Å²) < 4.78 is 17.5. The molecule has 0 atom stereocenters. The van der Waals surface area contributed by atoms with E-state index in [1.54, 1.807) is 30.0 Å². The van der Waals surface area contributed by atoms with Crippen LogP contribution in [0.1, 0.15) is 42.4 Å². The molecule has 2 aromatic carbocycles. The van der Waals surface area contributed by atoms with Crippen LogP contribution in [0, 0.1) is 6.92 Å². The van der Waals surface area contributed by atoms with Crippen molar-refractivity contribution in [1.29, 1.82) is 0 Å². The normalized spacial score (nSPS) is 11.2. The Hall–Kier alpha value is -3.85. The fraction of sp³-hybridized carbons (Fsp3) is 0.393. The maximum atomic E-state index is 13.4. The van der Waals surface area contributed by atoms with Crippen LogP contribution in [0.3, 0.4) is 0 Å². The van der Waals surface area contributed by atoms with Gasteiger partial charge in [-0.2, -0.15) is 5.10 Å². The van der Waals surface area contributed by atoms with Crippen LogP contribution in [-0.4, -0.2) is 67.5 Å². The lowest BCUT2D eigenvalue weighted by atomic mass is 9.92. The highest BCUT2D eigenvalue weighted by Gasteiger charge is 2.25. The minimum Gasteiger partial charge on any atom is -0.497 e. The van der Waals surface area contributed by atoms with Crippen molar-refractivity contribution >= 4 is 17.6 Å². The minimum atomic E-state index is -0.356. The van der Waals surface area contributed by atoms with Crippen LogP contribution >= 0.6 is 0 Å². The highest BCUT2D eigenvalue weighted by Crippen LogP contribution is 2.28. The van der Waals surface area contributed by atoms with Crippen LogP contribution in [0.4, 0.5) is 5.82 Å². The van der Waals surface area contributed by atoms with Gasteiger partial charge in [-0.3, -0.25) is 9.59 Å². The van der Waals surface area contributed by atoms with E-state index in [0.29, 0.717) is 22.9 Å². The Bertz CT molecular complexity index is 1230. The summed E-state index contributed by atoms with van der Waals surface area (Å²) in [5.74, 6) is 0.743. The molecule has 9 heteroatoms. The number of hydrogen-bond acceptors (Lipinski definition) is 6. The van der Waals surface area contributed by atoms with Gasteiger partial charge in [0, 0.05) is 31.2 Å². The molecular formula is C28H36N4O5. The maximum absolute atomic E-state index is 13.4. The first kappa shape index (κ1) is 27.7. The first-order valence-electron chi connectivity index (χ1n) is 12.0. The van der Waals surface area contributed by atoms with Gasteiger partial charge in [0.2, 0.25) is 5.91 Å². The second-order valence-electron chi connectivity index (χ2n) is 9.75. The van der Waals surface area contributed by atoms with Gasteiger partial charge in [0.25, 0.3) is 5.91 Å². The number of carbonyl (C=O) groups excluding carboxylic acids is 2. The fourth-order valence-electron chi connectivity index (χ4n) is 3.67. The number of anilines is 1. The van der Waals surface area contributed by atoms with Crippen LogP contribution in [0.25, 0.3) is 5.69 Å². The molecule has 37 heavy (non-hydrogen) atoms. The Balaban J connectivity index is 1.88. The maximum Gasteiger partial charge on any atom is 0.258 e. The van der Waals surface area contributed by atoms with Crippen molar-refractivity contribution in [1.82, 2.24) is 14.7 Å². The zero-order valence-corrected chi connectivity index (χ0v) is 22.6. The molecule has 1 N–H and O–H groups in total. The highest BCUT2D eigenvalue weighted by atomic mass is 16.5. The number of nitrogens with zero attached hydrogens (tertiary/aromatic N) is 3. The van der Waals surface area contributed by atoms with E-state index in [0.717, 1.165) is 16.9 Å². The standard InChI is InChI=1S/C28H36N4O5/c1-19-8-10-20(11-9-19)32-25(17-24(30-32)28(2,3)4)29-26(33)18-31(14-15-35-5)27(34)22-13-12-21(36-6)16-23(22)37-7/h8-13,16-17H,14-15,18H2,1-7H3,(H,29,33). The van der Waals surface area contributed by atoms with Gasteiger partial charge in [-0.15, -0.1) is 0 Å². The molecule has 0 saturated heterocycles. The quantitative estimate of drug-likeness (QED) is 0.441. The van der Waals surface area contributed by atoms with Gasteiger partial charge in [-0.1, -0.05) is 38.5 Å². The summed E-state index contributed by atoms with van der Waals surface area (Å²) in [5, 5.41) is 7.71. The SMILES string of the molecule is COCCN(CC(=O)Nc1cc(C(C)(C)C)nn1-c1ccc(C)cc1)C(=O)c1ccc(OC)cc1OC. The molecule has 0 spiro atoms. The molecule has 1 heterocycles. The van der Waals surface area contributed by atoms with E-state index in [4.69, 9.17) is 19.3 Å². The summed E-state index contributed by atoms with van der Waals surface area (Å²) in [6, 6.07) is 14.7. The molecule has 0 aliphatic rings. The summed E-state index contributed by atoms with van der Waals surface area (Å²) >= 11 is 0. The first-order chi connectivity index (χ1) is 17.6. The third kappa shape index (κ3) is 6.89. The second kappa shape index (κ2) is 11.9. The van der Waals surface area contributed by atoms with Gasteiger partial charge in [0.05, 0.1) is 37.8 Å². The Kier molecular flexibility index (Phi) is 8.94. The number of nitrogens with one attached hydrogen (secondary N) is 1. The number of aryl methyl sites for hydroxylation is 1. The highest BCUT2D eigenvalue weighted by molar-refractivity contribution is 6.01. The zero-order chi connectivity index (χ0) is 27.2. The number of methoxy groups -OCH3 is 3. The molecule has 0 aliphatic heterocycles. The molecule has 0 radical (unpaired) electrons. The summed E-state index contributed by atoms with van der Waals surface area (Å²) in [6.45, 7) is 8.52. The number of amides is 2. The van der Waals surface area contributed by atoms with Crippen molar-refractivity contribution in [3.63, 3.8) is 0 Å². The van der Waals surface area contributed by atoms with Crippen molar-refractivity contribution in [3.8, 4) is 17.2 Å². The number of rotatable bonds is 10. The Labute approximate surface area is 218 Å². The molecule has 0 saturated carbocycles. The van der Waals surface area contributed by atoms with Crippen LogP contribution in [0.5, 0.6) is 11.5 Å². The van der Waals surface area contributed by atoms with E-state index < -0.39 is 0 Å². The van der Waals surface area contributed by atoms with Crippen LogP contribution in [0.15, 0.2) is 48.5 Å². The summed E-state index contributed by atoms with van der Waals surface area (Å²) in [5.41, 5.74) is 2.89. The van der Waals surface area contributed by atoms with E-state index in [1.807, 2.05) is 37.3 Å². The second-order valence-corrected chi connectivity index (χ2v) is 9.75. The lowest BCUT2D eigenvalue weighted by Crippen LogP contribution is -2.40. The van der Waals surface area contributed by atoms with E-state index in [9.17, 15) is 9.59 Å². The number of benzene rings is 2. The number of hydrogen-bond donors (Lipinski definition) is 1. The average Bonchev–Trinajstić information content (AvgIpc) is 3.30. The molecular weight excluding hydrogens is 472 g/mol. The Morgan fingerprint density at radius 3 is 2.30 bits per heavy atom. The molecule has 1 aromatic heterocycles. The third-order valence-corrected chi connectivity index (χ3v) is 5.85. The molecule has 2 amide bonds. The zero-order valence-electron chi connectivity index (χ0n) is 22.6. The first-order valence-corrected chi connectivity index (χ1v) is 12.0. The van der Waals surface area contributed by atoms with Gasteiger partial charge < -0.3 is 24.4 Å². The van der Waals surface area contributed by atoms with Gasteiger partial charge in [-0.05, 0) is 31.2 Å². The Morgan fingerprint density at radius 2 is 1.70 bits per heavy atom. The molecule has 0 aliphatic carbocycles. The van der Waals surface area contributed by atoms with Gasteiger partial charge >= 0.3 is 0 Å². The summed E-state index contributed by atoms with van der Waals surface area (Å²) in [6.07, 6.45) is 0. The molecule has 3 aromatic rings. The van der Waals surface area contributed by atoms with Crippen molar-refractivity contribution in [2.24, 2.45) is 0 Å². The monoisotopic (exact) mass is 508 g/mol. The smallest absolute Gasteiger partial charge is 0.258 e. The largest absolute Gasteiger partial charge is 0.497 e. The lowest BCUT2D eigenvalue weighted by Gasteiger charge is -2.23. The van der Waals surface area contributed by atoms with E-state index in [1.165, 1.54) is 19.1 Å². The van der Waals surface area contributed by atoms with Crippen LogP contribution in [-0.2, 0) is 14.9 Å². The van der Waals surface area contributed by atoms with Crippen LogP contribution in [0.2, 0.25) is 0 Å². The fourth-order valence-corrected chi connectivity index (χ4v) is 3.67. The predicted octanol–water partition coefficient (Wildman–Crippen LogP) is 4.22. The molecule has 3 rings (SSSR count). The molecule has 198 valence electrons. The van der Waals surface area contributed by atoms with Crippen molar-refractivity contribution in [3.05, 3.63) is 65.4 Å². The van der Waals surface area contributed by atoms with Crippen molar-refractivity contribution in [2.45, 2.75) is 33.1 Å².